The van der Waals surface area contributed by atoms with Crippen LogP contribution in [-0.4, -0.2) is 9.55 Å². The van der Waals surface area contributed by atoms with Crippen molar-refractivity contribution in [1.29, 1.82) is 0 Å². The first-order valence-corrected chi connectivity index (χ1v) is 19.4. The molecule has 0 saturated heterocycles. The van der Waals surface area contributed by atoms with Gasteiger partial charge in [-0.2, -0.15) is 0 Å². The van der Waals surface area contributed by atoms with Crippen LogP contribution in [0.4, 0.5) is 17.1 Å². The average molecular weight is 720 g/mol. The number of anilines is 3. The van der Waals surface area contributed by atoms with Gasteiger partial charge in [0.25, 0.3) is 0 Å². The zero-order valence-corrected chi connectivity index (χ0v) is 30.6. The summed E-state index contributed by atoms with van der Waals surface area (Å²) in [6.07, 6.45) is 0. The highest BCUT2D eigenvalue weighted by Gasteiger charge is 2.19. The Labute approximate surface area is 322 Å². The Kier molecular flexibility index (Phi) is 7.35. The van der Waals surface area contributed by atoms with E-state index in [-0.39, 0.29) is 0 Å². The van der Waals surface area contributed by atoms with Gasteiger partial charge in [-0.1, -0.05) is 127 Å². The van der Waals surface area contributed by atoms with Crippen molar-refractivity contribution < 1.29 is 0 Å². The highest BCUT2D eigenvalue weighted by atomic mass is 32.1. The molecular formula is C51H33N3S. The van der Waals surface area contributed by atoms with E-state index in [1.807, 2.05) is 0 Å². The first kappa shape index (κ1) is 31.5. The summed E-state index contributed by atoms with van der Waals surface area (Å²) in [5, 5.41) is 8.56. The molecule has 2 heterocycles. The molecule has 0 fully saturated rings. The molecule has 0 spiro atoms. The Balaban J connectivity index is 1.04. The van der Waals surface area contributed by atoms with Crippen molar-refractivity contribution in [3.05, 3.63) is 200 Å². The molecule has 2 aromatic heterocycles. The van der Waals surface area contributed by atoms with Crippen molar-refractivity contribution in [2.24, 2.45) is 0 Å². The van der Waals surface area contributed by atoms with Gasteiger partial charge in [0.1, 0.15) is 5.01 Å². The highest BCUT2D eigenvalue weighted by Crippen LogP contribution is 2.42. The van der Waals surface area contributed by atoms with E-state index in [0.717, 1.165) is 38.8 Å². The van der Waals surface area contributed by atoms with Gasteiger partial charge in [0, 0.05) is 44.5 Å². The lowest BCUT2D eigenvalue weighted by atomic mass is 10.0. The van der Waals surface area contributed by atoms with Crippen LogP contribution in [0.15, 0.2) is 200 Å². The summed E-state index contributed by atoms with van der Waals surface area (Å²) in [5.74, 6) is 0. The van der Waals surface area contributed by atoms with Crippen molar-refractivity contribution in [2.75, 3.05) is 4.90 Å². The van der Waals surface area contributed by atoms with Gasteiger partial charge in [0.05, 0.1) is 21.3 Å². The smallest absolute Gasteiger partial charge is 0.124 e. The minimum absolute atomic E-state index is 1.02. The maximum Gasteiger partial charge on any atom is 0.124 e. The Morgan fingerprint density at radius 2 is 0.982 bits per heavy atom. The molecule has 258 valence electrons. The summed E-state index contributed by atoms with van der Waals surface area (Å²) < 4.78 is 3.61. The summed E-state index contributed by atoms with van der Waals surface area (Å²) in [6.45, 7) is 0. The van der Waals surface area contributed by atoms with Crippen LogP contribution in [-0.2, 0) is 0 Å². The summed E-state index contributed by atoms with van der Waals surface area (Å²) >= 11 is 1.77. The monoisotopic (exact) mass is 719 g/mol. The van der Waals surface area contributed by atoms with E-state index in [1.165, 1.54) is 59.2 Å². The van der Waals surface area contributed by atoms with Crippen LogP contribution in [0.2, 0.25) is 0 Å². The number of para-hydroxylation sites is 2. The third kappa shape index (κ3) is 5.30. The van der Waals surface area contributed by atoms with E-state index in [2.05, 4.69) is 210 Å². The lowest BCUT2D eigenvalue weighted by Gasteiger charge is -2.26. The van der Waals surface area contributed by atoms with Gasteiger partial charge in [-0.25, -0.2) is 4.98 Å². The molecule has 3 nitrogen and oxygen atoms in total. The van der Waals surface area contributed by atoms with Crippen LogP contribution in [0.3, 0.4) is 0 Å². The van der Waals surface area contributed by atoms with Gasteiger partial charge in [0.15, 0.2) is 0 Å². The second-order valence-corrected chi connectivity index (χ2v) is 15.0. The molecule has 11 aromatic rings. The summed E-state index contributed by atoms with van der Waals surface area (Å²) in [6, 6.07) is 72.1. The molecule has 0 aliphatic heterocycles. The summed E-state index contributed by atoms with van der Waals surface area (Å²) in [4.78, 5) is 7.50. The molecule has 0 bridgehead atoms. The standard InChI is InChI=1S/C51H33N3S/c1-3-11-34(12-4-1)35-19-24-39(25-20-35)53(41-28-30-45-44-17-9-10-18-48(44)54(49(45)33-41)38-14-5-2-6-15-38)40-26-21-37(22-27-40)51-52-47-32-31-43-42-16-8-7-13-36(42)23-29-46(43)50(47)55-51/h1-33H. The van der Waals surface area contributed by atoms with Crippen molar-refractivity contribution in [3.63, 3.8) is 0 Å². The Morgan fingerprint density at radius 3 is 1.76 bits per heavy atom. The largest absolute Gasteiger partial charge is 0.310 e. The lowest BCUT2D eigenvalue weighted by Crippen LogP contribution is -2.10. The molecule has 0 aliphatic rings. The quantitative estimate of drug-likeness (QED) is 0.160. The normalized spacial score (nSPS) is 11.6. The molecule has 0 radical (unpaired) electrons. The number of hydrogen-bond acceptors (Lipinski definition) is 3. The predicted octanol–water partition coefficient (Wildman–Crippen LogP) is 14.5. The molecule has 0 aliphatic carbocycles. The minimum Gasteiger partial charge on any atom is -0.310 e. The second-order valence-electron chi connectivity index (χ2n) is 14.0. The fourth-order valence-electron chi connectivity index (χ4n) is 8.18. The minimum atomic E-state index is 1.02. The van der Waals surface area contributed by atoms with Crippen LogP contribution in [0.5, 0.6) is 0 Å². The van der Waals surface area contributed by atoms with E-state index >= 15 is 0 Å². The number of benzene rings is 9. The summed E-state index contributed by atoms with van der Waals surface area (Å²) in [5.41, 5.74) is 11.3. The number of hydrogen-bond donors (Lipinski definition) is 0. The molecule has 0 amide bonds. The van der Waals surface area contributed by atoms with Crippen molar-refractivity contribution in [3.8, 4) is 27.4 Å². The molecule has 0 N–H and O–H groups in total. The fraction of sp³-hybridized carbons (Fsp3) is 0. The SMILES string of the molecule is c1ccc(-c2ccc(N(c3ccc(-c4nc5ccc6c7ccccc7ccc6c5s4)cc3)c3ccc4c5ccccc5n(-c5ccccc5)c4c3)cc2)cc1. The molecule has 4 heteroatoms. The highest BCUT2D eigenvalue weighted by molar-refractivity contribution is 7.22. The zero-order chi connectivity index (χ0) is 36.3. The van der Waals surface area contributed by atoms with Crippen molar-refractivity contribution >= 4 is 82.0 Å². The number of thiazole rings is 1. The maximum atomic E-state index is 5.14. The van der Waals surface area contributed by atoms with Gasteiger partial charge in [-0.15, -0.1) is 11.3 Å². The fourth-order valence-corrected chi connectivity index (χ4v) is 9.28. The molecule has 0 atom stereocenters. The number of fused-ring (bicyclic) bond motifs is 8. The van der Waals surface area contributed by atoms with Gasteiger partial charge in [0.2, 0.25) is 0 Å². The summed E-state index contributed by atoms with van der Waals surface area (Å²) in [7, 11) is 0. The molecular weight excluding hydrogens is 687 g/mol. The third-order valence-electron chi connectivity index (χ3n) is 10.8. The van der Waals surface area contributed by atoms with Gasteiger partial charge >= 0.3 is 0 Å². The first-order valence-electron chi connectivity index (χ1n) is 18.6. The Bertz CT molecular complexity index is 3180. The lowest BCUT2D eigenvalue weighted by molar-refractivity contribution is 1.18. The van der Waals surface area contributed by atoms with E-state index in [9.17, 15) is 0 Å². The molecule has 9 aromatic carbocycles. The van der Waals surface area contributed by atoms with Crippen LogP contribution < -0.4 is 4.90 Å². The van der Waals surface area contributed by atoms with E-state index in [1.54, 1.807) is 11.3 Å². The predicted molar refractivity (Wildman–Crippen MR) is 235 cm³/mol. The third-order valence-corrected chi connectivity index (χ3v) is 12.0. The van der Waals surface area contributed by atoms with E-state index in [0.29, 0.717) is 0 Å². The molecule has 0 unspecified atom stereocenters. The van der Waals surface area contributed by atoms with Gasteiger partial charge < -0.3 is 9.47 Å². The molecule has 55 heavy (non-hydrogen) atoms. The zero-order valence-electron chi connectivity index (χ0n) is 29.8. The number of rotatable bonds is 6. The Hall–Kier alpha value is -7.01. The first-order chi connectivity index (χ1) is 27.3. The average Bonchev–Trinajstić information content (AvgIpc) is 3.85. The number of aromatic nitrogens is 2. The molecule has 0 saturated carbocycles. The van der Waals surface area contributed by atoms with E-state index < -0.39 is 0 Å². The second kappa shape index (κ2) is 12.8. The van der Waals surface area contributed by atoms with Crippen LogP contribution in [0, 0.1) is 0 Å². The van der Waals surface area contributed by atoms with Crippen LogP contribution in [0.25, 0.3) is 81.0 Å². The topological polar surface area (TPSA) is 21.1 Å². The van der Waals surface area contributed by atoms with Crippen LogP contribution in [0.1, 0.15) is 0 Å². The Morgan fingerprint density at radius 1 is 0.400 bits per heavy atom. The van der Waals surface area contributed by atoms with Crippen molar-refractivity contribution in [1.82, 2.24) is 9.55 Å². The van der Waals surface area contributed by atoms with Gasteiger partial charge in [-0.05, 0) is 100 Å². The van der Waals surface area contributed by atoms with E-state index in [4.69, 9.17) is 4.98 Å². The van der Waals surface area contributed by atoms with Crippen LogP contribution >= 0.6 is 11.3 Å². The maximum absolute atomic E-state index is 5.14. The molecule has 11 rings (SSSR count). The van der Waals surface area contributed by atoms with Gasteiger partial charge in [-0.3, -0.25) is 0 Å². The van der Waals surface area contributed by atoms with Crippen molar-refractivity contribution in [2.45, 2.75) is 0 Å². The number of nitrogens with zero attached hydrogens (tertiary/aromatic N) is 3.